The predicted molar refractivity (Wildman–Crippen MR) is 98.5 cm³/mol. The summed E-state index contributed by atoms with van der Waals surface area (Å²) >= 11 is 0. The summed E-state index contributed by atoms with van der Waals surface area (Å²) < 4.78 is 15.4. The highest BCUT2D eigenvalue weighted by atomic mass is 16.7. The third-order valence-corrected chi connectivity index (χ3v) is 3.79. The highest BCUT2D eigenvalue weighted by Crippen LogP contribution is 2.21. The monoisotopic (exact) mass is 343 g/mol. The number of hydrogen-bond donors (Lipinski definition) is 0. The molecule has 0 heterocycles. The molecule has 0 unspecified atom stereocenters. The number of unbranched alkanes of at least 4 members (excludes halogenated alkanes) is 1. The Morgan fingerprint density at radius 1 is 1.00 bits per heavy atom. The van der Waals surface area contributed by atoms with Crippen LogP contribution in [-0.2, 0) is 4.74 Å². The lowest BCUT2D eigenvalue weighted by molar-refractivity contribution is 0.0976. The fourth-order valence-corrected chi connectivity index (χ4v) is 2.45. The number of methoxy groups -OCH3 is 1. The van der Waals surface area contributed by atoms with Crippen LogP contribution < -0.4 is 14.4 Å². The number of para-hydroxylation sites is 1. The van der Waals surface area contributed by atoms with Gasteiger partial charge in [0.2, 0.25) is 0 Å². The quantitative estimate of drug-likeness (QED) is 0.381. The molecule has 0 saturated carbocycles. The van der Waals surface area contributed by atoms with Gasteiger partial charge in [-0.05, 0) is 44.0 Å². The van der Waals surface area contributed by atoms with Crippen LogP contribution in [0.15, 0.2) is 54.6 Å². The Bertz CT molecular complexity index is 645. The molecule has 0 aromatic heterocycles. The van der Waals surface area contributed by atoms with Crippen LogP contribution in [0.25, 0.3) is 0 Å². The van der Waals surface area contributed by atoms with Crippen molar-refractivity contribution in [2.45, 2.75) is 19.8 Å². The van der Waals surface area contributed by atoms with Crippen molar-refractivity contribution in [2.24, 2.45) is 0 Å². The van der Waals surface area contributed by atoms with E-state index < -0.39 is 6.16 Å². The lowest BCUT2D eigenvalue weighted by Crippen LogP contribution is -2.24. The first-order chi connectivity index (χ1) is 12.2. The Morgan fingerprint density at radius 3 is 2.48 bits per heavy atom. The highest BCUT2D eigenvalue weighted by Gasteiger charge is 2.07. The Labute approximate surface area is 149 Å². The van der Waals surface area contributed by atoms with E-state index in [9.17, 15) is 4.79 Å². The average Bonchev–Trinajstić information content (AvgIpc) is 2.65. The summed E-state index contributed by atoms with van der Waals surface area (Å²) in [5.41, 5.74) is 1.13. The second-order valence-corrected chi connectivity index (χ2v) is 5.50. The smallest absolute Gasteiger partial charge is 0.497 e. The lowest BCUT2D eigenvalue weighted by atomic mass is 10.2. The third kappa shape index (κ3) is 6.37. The topological polar surface area (TPSA) is 48.0 Å². The van der Waals surface area contributed by atoms with Crippen molar-refractivity contribution in [2.75, 3.05) is 31.7 Å². The van der Waals surface area contributed by atoms with E-state index >= 15 is 0 Å². The zero-order valence-electron chi connectivity index (χ0n) is 14.8. The van der Waals surface area contributed by atoms with Crippen LogP contribution in [0.1, 0.15) is 19.8 Å². The zero-order valence-corrected chi connectivity index (χ0v) is 14.8. The molecule has 0 aliphatic heterocycles. The highest BCUT2D eigenvalue weighted by molar-refractivity contribution is 5.63. The van der Waals surface area contributed by atoms with Crippen molar-refractivity contribution in [1.29, 1.82) is 0 Å². The molecule has 0 bridgehead atoms. The standard InChI is InChI=1S/C20H25NO4/c1-3-21(17-10-9-13-19(16-17)23-2)14-7-8-15-24-20(22)25-18-11-5-4-6-12-18/h4-6,9-13,16H,3,7-8,14-15H2,1-2H3. The largest absolute Gasteiger partial charge is 0.513 e. The molecule has 0 radical (unpaired) electrons. The summed E-state index contributed by atoms with van der Waals surface area (Å²) in [5.74, 6) is 1.34. The van der Waals surface area contributed by atoms with Gasteiger partial charge in [-0.3, -0.25) is 0 Å². The SMILES string of the molecule is CCN(CCCCOC(=O)Oc1ccccc1)c1cccc(OC)c1. The number of anilines is 1. The van der Waals surface area contributed by atoms with Gasteiger partial charge in [0, 0.05) is 24.8 Å². The summed E-state index contributed by atoms with van der Waals surface area (Å²) in [6.45, 7) is 4.26. The van der Waals surface area contributed by atoms with Crippen molar-refractivity contribution < 1.29 is 19.0 Å². The maximum atomic E-state index is 11.6. The van der Waals surface area contributed by atoms with Gasteiger partial charge in [0.05, 0.1) is 13.7 Å². The molecule has 0 fully saturated rings. The molecular formula is C20H25NO4. The van der Waals surface area contributed by atoms with Crippen LogP contribution in [0.3, 0.4) is 0 Å². The molecule has 0 amide bonds. The molecule has 2 rings (SSSR count). The summed E-state index contributed by atoms with van der Waals surface area (Å²) in [7, 11) is 1.67. The number of carbonyl (C=O) groups is 1. The van der Waals surface area contributed by atoms with Gasteiger partial charge in [-0.2, -0.15) is 0 Å². The third-order valence-electron chi connectivity index (χ3n) is 3.79. The van der Waals surface area contributed by atoms with E-state index in [1.54, 1.807) is 31.4 Å². The minimum Gasteiger partial charge on any atom is -0.497 e. The minimum absolute atomic E-state index is 0.349. The van der Waals surface area contributed by atoms with Gasteiger partial charge < -0.3 is 19.1 Å². The first-order valence-electron chi connectivity index (χ1n) is 8.51. The van der Waals surface area contributed by atoms with Gasteiger partial charge in [-0.1, -0.05) is 24.3 Å². The van der Waals surface area contributed by atoms with Crippen LogP contribution in [0.4, 0.5) is 10.5 Å². The first-order valence-corrected chi connectivity index (χ1v) is 8.51. The maximum absolute atomic E-state index is 11.6. The van der Waals surface area contributed by atoms with Gasteiger partial charge in [-0.15, -0.1) is 0 Å². The maximum Gasteiger partial charge on any atom is 0.513 e. The summed E-state index contributed by atoms with van der Waals surface area (Å²) in [4.78, 5) is 13.9. The Morgan fingerprint density at radius 2 is 1.76 bits per heavy atom. The van der Waals surface area contributed by atoms with E-state index in [0.29, 0.717) is 12.4 Å². The second kappa shape index (κ2) is 10.2. The van der Waals surface area contributed by atoms with Crippen LogP contribution in [0, 0.1) is 0 Å². The molecule has 2 aromatic carbocycles. The Kier molecular flexibility index (Phi) is 7.63. The fraction of sp³-hybridized carbons (Fsp3) is 0.350. The molecule has 0 saturated heterocycles. The van der Waals surface area contributed by atoms with E-state index in [1.165, 1.54) is 0 Å². The molecule has 5 heteroatoms. The molecule has 134 valence electrons. The number of carbonyl (C=O) groups excluding carboxylic acids is 1. The van der Waals surface area contributed by atoms with Crippen LogP contribution in [0.2, 0.25) is 0 Å². The van der Waals surface area contributed by atoms with Crippen molar-refractivity contribution >= 4 is 11.8 Å². The second-order valence-electron chi connectivity index (χ2n) is 5.50. The van der Waals surface area contributed by atoms with Crippen molar-refractivity contribution in [3.05, 3.63) is 54.6 Å². The summed E-state index contributed by atoms with van der Waals surface area (Å²) in [5, 5.41) is 0. The van der Waals surface area contributed by atoms with E-state index in [-0.39, 0.29) is 0 Å². The summed E-state index contributed by atoms with van der Waals surface area (Å²) in [6.07, 6.45) is 1.04. The zero-order chi connectivity index (χ0) is 17.9. The average molecular weight is 343 g/mol. The number of rotatable bonds is 9. The van der Waals surface area contributed by atoms with Gasteiger partial charge >= 0.3 is 6.16 Å². The molecule has 5 nitrogen and oxygen atoms in total. The summed E-state index contributed by atoms with van der Waals surface area (Å²) in [6, 6.07) is 16.9. The van der Waals surface area contributed by atoms with Crippen LogP contribution in [0.5, 0.6) is 11.5 Å². The van der Waals surface area contributed by atoms with Crippen molar-refractivity contribution in [3.8, 4) is 11.5 Å². The van der Waals surface area contributed by atoms with Crippen molar-refractivity contribution in [3.63, 3.8) is 0 Å². The molecule has 2 aromatic rings. The van der Waals surface area contributed by atoms with Gasteiger partial charge in [0.25, 0.3) is 0 Å². The van der Waals surface area contributed by atoms with E-state index in [0.717, 1.165) is 37.4 Å². The molecule has 25 heavy (non-hydrogen) atoms. The van der Waals surface area contributed by atoms with Crippen molar-refractivity contribution in [1.82, 2.24) is 0 Å². The molecular weight excluding hydrogens is 318 g/mol. The normalized spacial score (nSPS) is 10.2. The molecule has 0 spiro atoms. The van der Waals surface area contributed by atoms with Gasteiger partial charge in [-0.25, -0.2) is 4.79 Å². The minimum atomic E-state index is -0.661. The number of ether oxygens (including phenoxy) is 3. The van der Waals surface area contributed by atoms with Gasteiger partial charge in [0.1, 0.15) is 11.5 Å². The first kappa shape index (κ1) is 18.6. The van der Waals surface area contributed by atoms with Gasteiger partial charge in [0.15, 0.2) is 0 Å². The van der Waals surface area contributed by atoms with E-state index in [2.05, 4.69) is 17.9 Å². The lowest BCUT2D eigenvalue weighted by Gasteiger charge is -2.23. The van der Waals surface area contributed by atoms with Crippen LogP contribution >= 0.6 is 0 Å². The number of nitrogens with zero attached hydrogens (tertiary/aromatic N) is 1. The van der Waals surface area contributed by atoms with Crippen LogP contribution in [-0.4, -0.2) is 33.0 Å². The molecule has 0 N–H and O–H groups in total. The Balaban J connectivity index is 1.68. The number of hydrogen-bond acceptors (Lipinski definition) is 5. The number of benzene rings is 2. The fourth-order valence-electron chi connectivity index (χ4n) is 2.45. The van der Waals surface area contributed by atoms with E-state index in [4.69, 9.17) is 14.2 Å². The molecule has 0 aliphatic carbocycles. The van der Waals surface area contributed by atoms with E-state index in [1.807, 2.05) is 24.3 Å². The molecule has 0 atom stereocenters. The molecule has 0 aliphatic rings. The Hall–Kier alpha value is -2.69. The predicted octanol–water partition coefficient (Wildman–Crippen LogP) is 4.52.